The van der Waals surface area contributed by atoms with Gasteiger partial charge in [-0.2, -0.15) is 0 Å². The summed E-state index contributed by atoms with van der Waals surface area (Å²) < 4.78 is 5.45. The molecular formula is C21H22ClN3O3S. The molecule has 1 aliphatic rings. The second kappa shape index (κ2) is 9.24. The number of nitrogens with one attached hydrogen (secondary N) is 1. The fourth-order valence-corrected chi connectivity index (χ4v) is 3.66. The standard InChI is InChI=1S/C21H22ClN3O3S/c1-3-28-16-9-6-8-15(11-16)23-19(26)12-18-20(27)24(2)21(29)25(18)13-14-7-4-5-10-17(14)22/h4-11,18H,3,12-13H2,1-2H3,(H,23,26)/t18-/m0/s1. The Bertz CT molecular complexity index is 937. The first-order valence-corrected chi connectivity index (χ1v) is 10.0. The van der Waals surface area contributed by atoms with Gasteiger partial charge in [-0.25, -0.2) is 0 Å². The molecule has 2 aromatic rings. The summed E-state index contributed by atoms with van der Waals surface area (Å²) in [5.41, 5.74) is 1.45. The van der Waals surface area contributed by atoms with Crippen molar-refractivity contribution in [3.63, 3.8) is 0 Å². The van der Waals surface area contributed by atoms with E-state index in [0.717, 1.165) is 5.56 Å². The fourth-order valence-electron chi connectivity index (χ4n) is 3.18. The minimum atomic E-state index is -0.682. The van der Waals surface area contributed by atoms with Gasteiger partial charge in [0.2, 0.25) is 5.91 Å². The van der Waals surface area contributed by atoms with Crippen molar-refractivity contribution in [1.29, 1.82) is 0 Å². The van der Waals surface area contributed by atoms with E-state index in [0.29, 0.717) is 34.7 Å². The average molecular weight is 432 g/mol. The largest absolute Gasteiger partial charge is 0.494 e. The Labute approximate surface area is 180 Å². The Kier molecular flexibility index (Phi) is 6.71. The van der Waals surface area contributed by atoms with Crippen LogP contribution in [-0.4, -0.2) is 46.4 Å². The molecule has 0 aromatic heterocycles. The lowest BCUT2D eigenvalue weighted by atomic mass is 10.1. The van der Waals surface area contributed by atoms with E-state index < -0.39 is 6.04 Å². The monoisotopic (exact) mass is 431 g/mol. The van der Waals surface area contributed by atoms with E-state index in [4.69, 9.17) is 28.6 Å². The van der Waals surface area contributed by atoms with Crippen LogP contribution in [0.4, 0.5) is 5.69 Å². The molecule has 1 saturated heterocycles. The molecule has 0 radical (unpaired) electrons. The summed E-state index contributed by atoms with van der Waals surface area (Å²) in [6.07, 6.45) is -0.0212. The van der Waals surface area contributed by atoms with E-state index in [2.05, 4.69) is 5.32 Å². The molecule has 8 heteroatoms. The van der Waals surface area contributed by atoms with Gasteiger partial charge < -0.3 is 15.0 Å². The van der Waals surface area contributed by atoms with Crippen LogP contribution in [0.2, 0.25) is 5.02 Å². The number of likely N-dealkylation sites (N-methyl/N-ethyl adjacent to an activating group) is 1. The summed E-state index contributed by atoms with van der Waals surface area (Å²) in [4.78, 5) is 28.5. The maximum Gasteiger partial charge on any atom is 0.251 e. The Morgan fingerprint density at radius 1 is 1.24 bits per heavy atom. The van der Waals surface area contributed by atoms with Gasteiger partial charge in [0, 0.05) is 30.4 Å². The second-order valence-corrected chi connectivity index (χ2v) is 7.40. The lowest BCUT2D eigenvalue weighted by molar-refractivity contribution is -0.130. The van der Waals surface area contributed by atoms with Gasteiger partial charge in [-0.05, 0) is 42.9 Å². The van der Waals surface area contributed by atoms with Crippen molar-refractivity contribution in [2.75, 3.05) is 19.0 Å². The van der Waals surface area contributed by atoms with Gasteiger partial charge in [-0.1, -0.05) is 35.9 Å². The Hall–Kier alpha value is -2.64. The van der Waals surface area contributed by atoms with Crippen LogP contribution < -0.4 is 10.1 Å². The van der Waals surface area contributed by atoms with Crippen LogP contribution in [0, 0.1) is 0 Å². The number of ether oxygens (including phenoxy) is 1. The molecule has 1 fully saturated rings. The van der Waals surface area contributed by atoms with Gasteiger partial charge in [-0.3, -0.25) is 14.5 Å². The van der Waals surface area contributed by atoms with Crippen LogP contribution in [0.15, 0.2) is 48.5 Å². The first-order chi connectivity index (χ1) is 13.9. The molecule has 2 aromatic carbocycles. The minimum absolute atomic E-state index is 0.0212. The summed E-state index contributed by atoms with van der Waals surface area (Å²) in [6, 6.07) is 13.8. The van der Waals surface area contributed by atoms with E-state index in [1.807, 2.05) is 31.2 Å². The zero-order valence-corrected chi connectivity index (χ0v) is 17.8. The molecule has 1 N–H and O–H groups in total. The molecule has 0 aliphatic carbocycles. The molecular weight excluding hydrogens is 410 g/mol. The van der Waals surface area contributed by atoms with Crippen LogP contribution in [0.3, 0.4) is 0 Å². The van der Waals surface area contributed by atoms with Gasteiger partial charge in [0.25, 0.3) is 5.91 Å². The summed E-state index contributed by atoms with van der Waals surface area (Å²) in [6.45, 7) is 2.78. The third-order valence-corrected chi connectivity index (χ3v) is 5.51. The van der Waals surface area contributed by atoms with Crippen LogP contribution >= 0.6 is 23.8 Å². The molecule has 0 unspecified atom stereocenters. The first kappa shape index (κ1) is 21.1. The zero-order valence-electron chi connectivity index (χ0n) is 16.2. The number of halogens is 1. The van der Waals surface area contributed by atoms with E-state index in [-0.39, 0.29) is 18.2 Å². The van der Waals surface area contributed by atoms with Crippen LogP contribution in [0.1, 0.15) is 18.9 Å². The summed E-state index contributed by atoms with van der Waals surface area (Å²) in [5, 5.41) is 3.80. The number of thiocarbonyl (C=S) groups is 1. The van der Waals surface area contributed by atoms with Gasteiger partial charge in [0.15, 0.2) is 5.11 Å². The number of rotatable bonds is 7. The van der Waals surface area contributed by atoms with E-state index in [9.17, 15) is 9.59 Å². The lowest BCUT2D eigenvalue weighted by Gasteiger charge is -2.24. The SMILES string of the molecule is CCOc1cccc(NC(=O)C[C@H]2C(=O)N(C)C(=S)N2Cc2ccccc2Cl)c1. The number of hydrogen-bond acceptors (Lipinski definition) is 4. The van der Waals surface area contributed by atoms with Gasteiger partial charge >= 0.3 is 0 Å². The molecule has 1 aliphatic heterocycles. The van der Waals surface area contributed by atoms with Gasteiger partial charge in [-0.15, -0.1) is 0 Å². The number of nitrogens with zero attached hydrogens (tertiary/aromatic N) is 2. The Balaban J connectivity index is 1.73. The van der Waals surface area contributed by atoms with Crippen molar-refractivity contribution in [1.82, 2.24) is 9.80 Å². The Morgan fingerprint density at radius 3 is 2.72 bits per heavy atom. The molecule has 3 rings (SSSR count). The van der Waals surface area contributed by atoms with E-state index in [1.54, 1.807) is 36.2 Å². The number of hydrogen-bond donors (Lipinski definition) is 1. The molecule has 2 amide bonds. The lowest BCUT2D eigenvalue weighted by Crippen LogP contribution is -2.37. The molecule has 29 heavy (non-hydrogen) atoms. The molecule has 6 nitrogen and oxygen atoms in total. The number of amides is 2. The van der Waals surface area contributed by atoms with E-state index >= 15 is 0 Å². The number of carbonyl (C=O) groups excluding carboxylic acids is 2. The van der Waals surface area contributed by atoms with E-state index in [1.165, 1.54) is 4.90 Å². The maximum absolute atomic E-state index is 12.7. The molecule has 0 bridgehead atoms. The van der Waals surface area contributed by atoms with Crippen LogP contribution in [0.5, 0.6) is 5.75 Å². The predicted molar refractivity (Wildman–Crippen MR) is 117 cm³/mol. The van der Waals surface area contributed by atoms with Crippen molar-refractivity contribution in [3.05, 3.63) is 59.1 Å². The maximum atomic E-state index is 12.7. The van der Waals surface area contributed by atoms with Crippen LogP contribution in [0.25, 0.3) is 0 Å². The van der Waals surface area contributed by atoms with Crippen molar-refractivity contribution in [2.24, 2.45) is 0 Å². The topological polar surface area (TPSA) is 61.9 Å². The average Bonchev–Trinajstić information content (AvgIpc) is 2.88. The summed E-state index contributed by atoms with van der Waals surface area (Å²) in [7, 11) is 1.62. The highest BCUT2D eigenvalue weighted by Crippen LogP contribution is 2.26. The fraction of sp³-hybridized carbons (Fsp3) is 0.286. The Morgan fingerprint density at radius 2 is 2.00 bits per heavy atom. The quantitative estimate of drug-likeness (QED) is 0.677. The molecule has 1 atom stereocenters. The number of anilines is 1. The highest BCUT2D eigenvalue weighted by Gasteiger charge is 2.41. The third kappa shape index (κ3) is 4.86. The molecule has 1 heterocycles. The molecule has 0 saturated carbocycles. The first-order valence-electron chi connectivity index (χ1n) is 9.25. The zero-order chi connectivity index (χ0) is 21.0. The molecule has 152 valence electrons. The highest BCUT2D eigenvalue weighted by molar-refractivity contribution is 7.80. The van der Waals surface area contributed by atoms with Gasteiger partial charge in [0.05, 0.1) is 13.0 Å². The highest BCUT2D eigenvalue weighted by atomic mass is 35.5. The minimum Gasteiger partial charge on any atom is -0.494 e. The van der Waals surface area contributed by atoms with Crippen molar-refractivity contribution in [3.8, 4) is 5.75 Å². The smallest absolute Gasteiger partial charge is 0.251 e. The second-order valence-electron chi connectivity index (χ2n) is 6.63. The number of benzene rings is 2. The third-order valence-electron chi connectivity index (χ3n) is 4.63. The van der Waals surface area contributed by atoms with Crippen molar-refractivity contribution < 1.29 is 14.3 Å². The van der Waals surface area contributed by atoms with Crippen LogP contribution in [-0.2, 0) is 16.1 Å². The van der Waals surface area contributed by atoms with Crippen molar-refractivity contribution >= 4 is 46.4 Å². The normalized spacial score (nSPS) is 16.3. The predicted octanol–water partition coefficient (Wildman–Crippen LogP) is 3.70. The number of carbonyl (C=O) groups is 2. The summed E-state index contributed by atoms with van der Waals surface area (Å²) in [5.74, 6) is 0.183. The van der Waals surface area contributed by atoms with Crippen molar-refractivity contribution in [2.45, 2.75) is 25.9 Å². The van der Waals surface area contributed by atoms with Gasteiger partial charge in [0.1, 0.15) is 11.8 Å². The molecule has 0 spiro atoms. The summed E-state index contributed by atoms with van der Waals surface area (Å²) >= 11 is 11.7.